The lowest BCUT2D eigenvalue weighted by Gasteiger charge is -2.33. The van der Waals surface area contributed by atoms with Crippen molar-refractivity contribution in [1.82, 2.24) is 0 Å². The van der Waals surface area contributed by atoms with E-state index in [1.807, 2.05) is 0 Å². The number of likely N-dealkylation sites (N-methyl/N-ethyl adjacent to an activating group) is 1. The molecule has 0 aromatic heterocycles. The summed E-state index contributed by atoms with van der Waals surface area (Å²) in [4.78, 5) is 20.8. The Morgan fingerprint density at radius 2 is 1.54 bits per heavy atom. The van der Waals surface area contributed by atoms with Gasteiger partial charge in [0.15, 0.2) is 19.3 Å². The van der Waals surface area contributed by atoms with Crippen LogP contribution >= 0.6 is 0 Å². The summed E-state index contributed by atoms with van der Waals surface area (Å²) in [5.41, 5.74) is 0. The summed E-state index contributed by atoms with van der Waals surface area (Å²) in [7, 11) is 1.38. The number of aliphatic hydroxyl groups is 1. The van der Waals surface area contributed by atoms with Gasteiger partial charge in [-0.25, -0.2) is 9.59 Å². The summed E-state index contributed by atoms with van der Waals surface area (Å²) >= 11 is 0. The number of rotatable bonds is 5. The highest BCUT2D eigenvalue weighted by molar-refractivity contribution is 5.70. The Bertz CT molecular complexity index is 197. The van der Waals surface area contributed by atoms with E-state index in [0.29, 0.717) is 0 Å². The summed E-state index contributed by atoms with van der Waals surface area (Å²) in [5, 5.41) is 26.2. The third kappa shape index (κ3) is 3.86. The Kier molecular flexibility index (Phi) is 3.83. The lowest BCUT2D eigenvalue weighted by atomic mass is 10.3. The first kappa shape index (κ1) is 11.9. The van der Waals surface area contributed by atoms with Crippen molar-refractivity contribution in [1.29, 1.82) is 0 Å². The van der Waals surface area contributed by atoms with Gasteiger partial charge in [-0.2, -0.15) is 0 Å². The zero-order valence-electron chi connectivity index (χ0n) is 7.60. The lowest BCUT2D eigenvalue weighted by Crippen LogP contribution is -2.56. The fourth-order valence-electron chi connectivity index (χ4n) is 0.938. The number of hydrogen-bond donors (Lipinski definition) is 3. The zero-order valence-corrected chi connectivity index (χ0v) is 7.60. The number of quaternary nitrogens is 1. The second-order valence-electron chi connectivity index (χ2n) is 3.21. The Morgan fingerprint density at radius 1 is 1.23 bits per heavy atom. The number of aliphatic carboxylic acids is 2. The van der Waals surface area contributed by atoms with E-state index in [4.69, 9.17) is 10.2 Å². The highest BCUT2D eigenvalue weighted by atomic mass is 16.4. The van der Waals surface area contributed by atoms with E-state index in [-0.39, 0.29) is 0 Å². The SMILES string of the molecule is CC(O)[N+](C)(CC(=O)O)CC(=O)O. The zero-order chi connectivity index (χ0) is 10.6. The maximum absolute atomic E-state index is 10.4. The molecule has 1 unspecified atom stereocenters. The smallest absolute Gasteiger partial charge is 0.359 e. The van der Waals surface area contributed by atoms with Crippen molar-refractivity contribution in [2.24, 2.45) is 0 Å². The van der Waals surface area contributed by atoms with Gasteiger partial charge >= 0.3 is 11.9 Å². The summed E-state index contributed by atoms with van der Waals surface area (Å²) in [6, 6.07) is 0. The van der Waals surface area contributed by atoms with E-state index in [2.05, 4.69) is 0 Å². The predicted molar refractivity (Wildman–Crippen MR) is 42.9 cm³/mol. The van der Waals surface area contributed by atoms with Gasteiger partial charge in [-0.3, -0.25) is 4.48 Å². The van der Waals surface area contributed by atoms with Crippen LogP contribution in [0, 0.1) is 0 Å². The molecule has 6 nitrogen and oxygen atoms in total. The molecule has 0 spiro atoms. The molecule has 1 atom stereocenters. The number of carbonyl (C=O) groups is 2. The molecule has 6 heteroatoms. The molecule has 0 bridgehead atoms. The molecule has 0 fully saturated rings. The highest BCUT2D eigenvalue weighted by Gasteiger charge is 2.33. The van der Waals surface area contributed by atoms with Gasteiger partial charge < -0.3 is 15.3 Å². The van der Waals surface area contributed by atoms with Crippen LogP contribution in [-0.4, -0.2) is 58.1 Å². The number of carboxylic acid groups (broad SMARTS) is 2. The fraction of sp³-hybridized carbons (Fsp3) is 0.714. The summed E-state index contributed by atoms with van der Waals surface area (Å²) in [6.07, 6.45) is -1.02. The molecular weight excluding hydrogens is 178 g/mol. The van der Waals surface area contributed by atoms with Crippen molar-refractivity contribution in [2.75, 3.05) is 20.1 Å². The molecule has 0 aromatic rings. The van der Waals surface area contributed by atoms with Crippen molar-refractivity contribution in [2.45, 2.75) is 13.2 Å². The Morgan fingerprint density at radius 3 is 1.69 bits per heavy atom. The molecule has 3 N–H and O–H groups in total. The van der Waals surface area contributed by atoms with E-state index in [1.54, 1.807) is 0 Å². The number of nitrogens with zero attached hydrogens (tertiary/aromatic N) is 1. The van der Waals surface area contributed by atoms with Crippen LogP contribution in [0.4, 0.5) is 0 Å². The molecular formula is C7H14NO5+. The first-order valence-corrected chi connectivity index (χ1v) is 3.74. The molecule has 0 aliphatic rings. The Balaban J connectivity index is 4.52. The van der Waals surface area contributed by atoms with Crippen LogP contribution in [-0.2, 0) is 9.59 Å². The average Bonchev–Trinajstić information content (AvgIpc) is 1.82. The fourth-order valence-corrected chi connectivity index (χ4v) is 0.938. The topological polar surface area (TPSA) is 94.8 Å². The van der Waals surface area contributed by atoms with Crippen LogP contribution in [0.1, 0.15) is 6.92 Å². The van der Waals surface area contributed by atoms with E-state index in [1.165, 1.54) is 14.0 Å². The lowest BCUT2D eigenvalue weighted by molar-refractivity contribution is -0.939. The second-order valence-corrected chi connectivity index (χ2v) is 3.21. The highest BCUT2D eigenvalue weighted by Crippen LogP contribution is 2.07. The van der Waals surface area contributed by atoms with Crippen LogP contribution in [0.15, 0.2) is 0 Å². The molecule has 13 heavy (non-hydrogen) atoms. The molecule has 0 saturated heterocycles. The average molecular weight is 192 g/mol. The summed E-state index contributed by atoms with van der Waals surface area (Å²) < 4.78 is -0.426. The van der Waals surface area contributed by atoms with Gasteiger partial charge in [0.2, 0.25) is 0 Å². The number of carboxylic acids is 2. The van der Waals surface area contributed by atoms with Crippen LogP contribution < -0.4 is 0 Å². The van der Waals surface area contributed by atoms with Crippen molar-refractivity contribution < 1.29 is 29.4 Å². The van der Waals surface area contributed by atoms with E-state index < -0.39 is 35.7 Å². The monoisotopic (exact) mass is 192 g/mol. The van der Waals surface area contributed by atoms with E-state index in [0.717, 1.165) is 0 Å². The largest absolute Gasteiger partial charge is 0.477 e. The van der Waals surface area contributed by atoms with Gasteiger partial charge in [-0.05, 0) is 0 Å². The van der Waals surface area contributed by atoms with Crippen LogP contribution in [0.3, 0.4) is 0 Å². The first-order valence-electron chi connectivity index (χ1n) is 3.74. The molecule has 0 aromatic carbocycles. The van der Waals surface area contributed by atoms with Crippen LogP contribution in [0.2, 0.25) is 0 Å². The number of aliphatic hydroxyl groups excluding tert-OH is 1. The normalized spacial score (nSPS) is 13.8. The van der Waals surface area contributed by atoms with E-state index >= 15 is 0 Å². The van der Waals surface area contributed by atoms with Crippen LogP contribution in [0.5, 0.6) is 0 Å². The van der Waals surface area contributed by atoms with Gasteiger partial charge in [0.25, 0.3) is 0 Å². The van der Waals surface area contributed by atoms with Crippen molar-refractivity contribution in [3.63, 3.8) is 0 Å². The van der Waals surface area contributed by atoms with Gasteiger partial charge in [0.05, 0.1) is 7.05 Å². The molecule has 0 aliphatic heterocycles. The van der Waals surface area contributed by atoms with Crippen molar-refractivity contribution in [3.05, 3.63) is 0 Å². The Hall–Kier alpha value is -1.14. The van der Waals surface area contributed by atoms with Gasteiger partial charge in [-0.15, -0.1) is 0 Å². The summed E-state index contributed by atoms with van der Waals surface area (Å²) in [5.74, 6) is -2.27. The van der Waals surface area contributed by atoms with E-state index in [9.17, 15) is 14.7 Å². The third-order valence-electron chi connectivity index (χ3n) is 1.90. The predicted octanol–water partition coefficient (Wildman–Crippen LogP) is -1.06. The molecule has 76 valence electrons. The second kappa shape index (κ2) is 4.20. The maximum atomic E-state index is 10.4. The quantitative estimate of drug-likeness (QED) is 0.381. The Labute approximate surface area is 75.6 Å². The molecule has 0 rings (SSSR count). The third-order valence-corrected chi connectivity index (χ3v) is 1.90. The molecule has 0 radical (unpaired) electrons. The minimum Gasteiger partial charge on any atom is -0.477 e. The van der Waals surface area contributed by atoms with Crippen molar-refractivity contribution in [3.8, 4) is 0 Å². The summed E-state index contributed by atoms with van der Waals surface area (Å²) in [6.45, 7) is 0.541. The van der Waals surface area contributed by atoms with Gasteiger partial charge in [-0.1, -0.05) is 0 Å². The first-order chi connectivity index (χ1) is 5.78. The molecule has 0 heterocycles. The number of hydrogen-bond acceptors (Lipinski definition) is 3. The minimum absolute atomic E-state index is 0.413. The van der Waals surface area contributed by atoms with Gasteiger partial charge in [0.1, 0.15) is 0 Å². The standard InChI is InChI=1S/C7H13NO5/c1-5(9)8(2,3-6(10)11)4-7(12)13/h5,9H,3-4H2,1-2H3,(H-,10,11,12,13)/p+1. The molecule has 0 saturated carbocycles. The van der Waals surface area contributed by atoms with Crippen LogP contribution in [0.25, 0.3) is 0 Å². The van der Waals surface area contributed by atoms with Crippen molar-refractivity contribution >= 4 is 11.9 Å². The molecule has 0 aliphatic carbocycles. The molecule has 0 amide bonds. The maximum Gasteiger partial charge on any atom is 0.359 e. The minimum atomic E-state index is -1.13. The van der Waals surface area contributed by atoms with Gasteiger partial charge in [0, 0.05) is 6.92 Å².